The van der Waals surface area contributed by atoms with Crippen LogP contribution in [0.5, 0.6) is 0 Å². The summed E-state index contributed by atoms with van der Waals surface area (Å²) in [5, 5.41) is 8.37. The molecule has 4 nitrogen and oxygen atoms in total. The van der Waals surface area contributed by atoms with Crippen LogP contribution in [-0.4, -0.2) is 28.5 Å². The van der Waals surface area contributed by atoms with E-state index in [4.69, 9.17) is 16.3 Å². The first-order chi connectivity index (χ1) is 8.39. The molecule has 0 amide bonds. The van der Waals surface area contributed by atoms with Crippen molar-refractivity contribution in [3.05, 3.63) is 16.9 Å². The van der Waals surface area contributed by atoms with Crippen LogP contribution < -0.4 is 5.32 Å². The molecule has 0 aliphatic carbocycles. The van der Waals surface area contributed by atoms with Gasteiger partial charge in [-0.15, -0.1) is 0 Å². The zero-order chi connectivity index (χ0) is 13.8. The molecule has 104 valence electrons. The largest absolute Gasteiger partial charge is 0.374 e. The summed E-state index contributed by atoms with van der Waals surface area (Å²) in [5.74, 6) is 0. The van der Waals surface area contributed by atoms with Crippen LogP contribution in [0.15, 0.2) is 6.20 Å². The summed E-state index contributed by atoms with van der Waals surface area (Å²) in [6.07, 6.45) is 1.70. The van der Waals surface area contributed by atoms with Crippen molar-refractivity contribution in [1.29, 1.82) is 0 Å². The van der Waals surface area contributed by atoms with Gasteiger partial charge in [-0.05, 0) is 34.2 Å². The van der Waals surface area contributed by atoms with Gasteiger partial charge in [-0.1, -0.05) is 18.5 Å². The number of hydrogen-bond acceptors (Lipinski definition) is 3. The second-order valence-electron chi connectivity index (χ2n) is 5.23. The van der Waals surface area contributed by atoms with Crippen molar-refractivity contribution in [2.45, 2.75) is 52.8 Å². The first-order valence-corrected chi connectivity index (χ1v) is 6.85. The first kappa shape index (κ1) is 15.5. The number of rotatable bonds is 6. The minimum absolute atomic E-state index is 0.0733. The molecule has 5 heteroatoms. The first-order valence-electron chi connectivity index (χ1n) is 6.47. The van der Waals surface area contributed by atoms with E-state index >= 15 is 0 Å². The van der Waals surface area contributed by atoms with Crippen LogP contribution in [0.1, 0.15) is 46.4 Å². The van der Waals surface area contributed by atoms with Gasteiger partial charge in [-0.2, -0.15) is 5.10 Å². The van der Waals surface area contributed by atoms with Gasteiger partial charge in [0.15, 0.2) is 0 Å². The molecule has 0 fully saturated rings. The van der Waals surface area contributed by atoms with Crippen LogP contribution in [0.4, 0.5) is 0 Å². The molecule has 0 radical (unpaired) electrons. The molecule has 1 rings (SSSR count). The van der Waals surface area contributed by atoms with E-state index in [0.717, 1.165) is 18.8 Å². The highest BCUT2D eigenvalue weighted by atomic mass is 35.5. The van der Waals surface area contributed by atoms with E-state index in [1.165, 1.54) is 0 Å². The zero-order valence-corrected chi connectivity index (χ0v) is 12.7. The molecule has 1 aromatic heterocycles. The number of likely N-dealkylation sites (N-methyl/N-ethyl adjacent to an activating group) is 1. The second kappa shape index (κ2) is 6.55. The van der Waals surface area contributed by atoms with E-state index in [1.54, 1.807) is 6.20 Å². The lowest BCUT2D eigenvalue weighted by atomic mass is 10.1. The Balaban J connectivity index is 2.86. The summed E-state index contributed by atoms with van der Waals surface area (Å²) in [7, 11) is 0. The average molecular weight is 274 g/mol. The lowest BCUT2D eigenvalue weighted by Crippen LogP contribution is -2.32. The highest BCUT2D eigenvalue weighted by Gasteiger charge is 2.22. The fourth-order valence-electron chi connectivity index (χ4n) is 1.78. The predicted octanol–water partition coefficient (Wildman–Crippen LogP) is 3.02. The van der Waals surface area contributed by atoms with Gasteiger partial charge in [-0.25, -0.2) is 0 Å². The molecule has 1 atom stereocenters. The molecule has 0 saturated heterocycles. The fourth-order valence-corrected chi connectivity index (χ4v) is 2.06. The Bertz CT molecular complexity index is 371. The topological polar surface area (TPSA) is 39.1 Å². The number of halogens is 1. The number of ether oxygens (including phenoxy) is 1. The second-order valence-corrected chi connectivity index (χ2v) is 5.63. The molecule has 0 spiro atoms. The van der Waals surface area contributed by atoms with E-state index < -0.39 is 0 Å². The minimum Gasteiger partial charge on any atom is -0.374 e. The lowest BCUT2D eigenvalue weighted by molar-refractivity contribution is -0.0156. The number of hydrogen-bond donors (Lipinski definition) is 1. The van der Waals surface area contributed by atoms with Crippen LogP contribution >= 0.6 is 11.6 Å². The van der Waals surface area contributed by atoms with E-state index in [-0.39, 0.29) is 11.6 Å². The van der Waals surface area contributed by atoms with Crippen molar-refractivity contribution in [1.82, 2.24) is 15.1 Å². The van der Waals surface area contributed by atoms with Crippen LogP contribution in [0, 0.1) is 0 Å². The normalized spacial score (nSPS) is 13.9. The lowest BCUT2D eigenvalue weighted by Gasteiger charge is -2.25. The third-order valence-electron chi connectivity index (χ3n) is 2.60. The van der Waals surface area contributed by atoms with Crippen molar-refractivity contribution in [3.63, 3.8) is 0 Å². The Morgan fingerprint density at radius 3 is 2.61 bits per heavy atom. The summed E-state index contributed by atoms with van der Waals surface area (Å²) in [6, 6.07) is 0.0733. The van der Waals surface area contributed by atoms with Crippen LogP contribution in [-0.2, 0) is 11.3 Å². The summed E-state index contributed by atoms with van der Waals surface area (Å²) in [6.45, 7) is 12.5. The van der Waals surface area contributed by atoms with Gasteiger partial charge < -0.3 is 10.1 Å². The van der Waals surface area contributed by atoms with Crippen LogP contribution in [0.3, 0.4) is 0 Å². The Kier molecular flexibility index (Phi) is 5.63. The van der Waals surface area contributed by atoms with Gasteiger partial charge in [0.25, 0.3) is 0 Å². The van der Waals surface area contributed by atoms with E-state index in [1.807, 2.05) is 4.68 Å². The maximum absolute atomic E-state index is 6.23. The Morgan fingerprint density at radius 2 is 2.11 bits per heavy atom. The summed E-state index contributed by atoms with van der Waals surface area (Å²) < 4.78 is 7.78. The monoisotopic (exact) mass is 273 g/mol. The standard InChI is InChI=1S/C13H24ClN3O/c1-6-15-11(9-18-13(3,4)5)12-10(14)8-16-17(12)7-2/h8,11,15H,6-7,9H2,1-5H3. The highest BCUT2D eigenvalue weighted by Crippen LogP contribution is 2.24. The van der Waals surface area contributed by atoms with Gasteiger partial charge in [0.2, 0.25) is 0 Å². The zero-order valence-electron chi connectivity index (χ0n) is 12.0. The summed E-state index contributed by atoms with van der Waals surface area (Å²) in [5.41, 5.74) is 0.849. The number of nitrogens with zero attached hydrogens (tertiary/aromatic N) is 2. The van der Waals surface area contributed by atoms with Crippen molar-refractivity contribution >= 4 is 11.6 Å². The molecule has 0 aliphatic rings. The van der Waals surface area contributed by atoms with E-state index in [2.05, 4.69) is 45.0 Å². The van der Waals surface area contributed by atoms with Crippen molar-refractivity contribution in [2.24, 2.45) is 0 Å². The molecular formula is C13H24ClN3O. The van der Waals surface area contributed by atoms with Gasteiger partial charge in [0.1, 0.15) is 0 Å². The van der Waals surface area contributed by atoms with E-state index in [0.29, 0.717) is 11.6 Å². The molecule has 0 aliphatic heterocycles. The molecule has 1 heterocycles. The van der Waals surface area contributed by atoms with Gasteiger partial charge >= 0.3 is 0 Å². The Hall–Kier alpha value is -0.580. The maximum atomic E-state index is 6.23. The molecule has 0 bridgehead atoms. The highest BCUT2D eigenvalue weighted by molar-refractivity contribution is 6.31. The van der Waals surface area contributed by atoms with Gasteiger partial charge in [-0.3, -0.25) is 4.68 Å². The van der Waals surface area contributed by atoms with Crippen molar-refractivity contribution in [3.8, 4) is 0 Å². The quantitative estimate of drug-likeness (QED) is 0.866. The summed E-state index contributed by atoms with van der Waals surface area (Å²) in [4.78, 5) is 0. The number of aryl methyl sites for hydroxylation is 1. The van der Waals surface area contributed by atoms with E-state index in [9.17, 15) is 0 Å². The molecular weight excluding hydrogens is 250 g/mol. The third kappa shape index (κ3) is 4.26. The Labute approximate surface area is 115 Å². The van der Waals surface area contributed by atoms with Gasteiger partial charge in [0, 0.05) is 6.54 Å². The molecule has 0 saturated carbocycles. The van der Waals surface area contributed by atoms with Gasteiger partial charge in [0.05, 0.1) is 35.2 Å². The number of aromatic nitrogens is 2. The van der Waals surface area contributed by atoms with Crippen molar-refractivity contribution < 1.29 is 4.74 Å². The average Bonchev–Trinajstić information content (AvgIpc) is 2.64. The molecule has 1 unspecified atom stereocenters. The predicted molar refractivity (Wildman–Crippen MR) is 75.0 cm³/mol. The fraction of sp³-hybridized carbons (Fsp3) is 0.769. The van der Waals surface area contributed by atoms with Crippen molar-refractivity contribution in [2.75, 3.05) is 13.2 Å². The Morgan fingerprint density at radius 1 is 1.44 bits per heavy atom. The smallest absolute Gasteiger partial charge is 0.0835 e. The SMILES string of the molecule is CCNC(COC(C)(C)C)c1c(Cl)cnn1CC. The molecule has 0 aromatic carbocycles. The molecule has 1 aromatic rings. The maximum Gasteiger partial charge on any atom is 0.0835 e. The minimum atomic E-state index is -0.156. The van der Waals surface area contributed by atoms with Crippen LogP contribution in [0.25, 0.3) is 0 Å². The number of nitrogens with one attached hydrogen (secondary N) is 1. The third-order valence-corrected chi connectivity index (χ3v) is 2.89. The summed E-state index contributed by atoms with van der Waals surface area (Å²) >= 11 is 6.23. The van der Waals surface area contributed by atoms with Crippen LogP contribution in [0.2, 0.25) is 5.02 Å². The molecule has 18 heavy (non-hydrogen) atoms. The molecule has 1 N–H and O–H groups in total.